The zero-order valence-corrected chi connectivity index (χ0v) is 13.0. The largest absolute Gasteiger partial charge is 0.497 e. The van der Waals surface area contributed by atoms with Gasteiger partial charge in [-0.05, 0) is 30.8 Å². The molecule has 0 aliphatic heterocycles. The van der Waals surface area contributed by atoms with E-state index >= 15 is 0 Å². The minimum Gasteiger partial charge on any atom is -0.497 e. The molecule has 0 N–H and O–H groups in total. The number of ether oxygens (including phenoxy) is 1. The normalized spacial score (nSPS) is 12.2. The van der Waals surface area contributed by atoms with Crippen LogP contribution in [0.1, 0.15) is 38.8 Å². The Morgan fingerprint density at radius 3 is 2.45 bits per heavy atom. The number of carbonyl (C=O) groups excluding carboxylic acids is 1. The van der Waals surface area contributed by atoms with Crippen molar-refractivity contribution >= 4 is 5.78 Å². The van der Waals surface area contributed by atoms with Gasteiger partial charge in [-0.15, -0.1) is 0 Å². The Morgan fingerprint density at radius 2 is 1.95 bits per heavy atom. The van der Waals surface area contributed by atoms with Crippen molar-refractivity contribution in [3.05, 3.63) is 42.0 Å². The maximum atomic E-state index is 12.1. The second kappa shape index (κ2) is 7.85. The first-order valence-electron chi connectivity index (χ1n) is 7.18. The van der Waals surface area contributed by atoms with E-state index in [1.807, 2.05) is 31.2 Å². The summed E-state index contributed by atoms with van der Waals surface area (Å²) in [6, 6.07) is 7.80. The molecular weight excluding hydrogens is 250 g/mol. The molecule has 0 bridgehead atoms. The lowest BCUT2D eigenvalue weighted by molar-refractivity contribution is -0.116. The molecular formula is C17H25NO2. The molecule has 0 saturated heterocycles. The predicted octanol–water partition coefficient (Wildman–Crippen LogP) is 3.61. The molecule has 0 heterocycles. The Kier molecular flexibility index (Phi) is 6.46. The maximum Gasteiger partial charge on any atom is 0.159 e. The summed E-state index contributed by atoms with van der Waals surface area (Å²) in [6.07, 6.45) is 0.487. The van der Waals surface area contributed by atoms with E-state index in [-0.39, 0.29) is 11.8 Å². The van der Waals surface area contributed by atoms with Crippen LogP contribution < -0.4 is 4.74 Å². The van der Waals surface area contributed by atoms with Crippen molar-refractivity contribution in [2.45, 2.75) is 33.2 Å². The summed E-state index contributed by atoms with van der Waals surface area (Å²) in [4.78, 5) is 14.3. The average molecular weight is 275 g/mol. The van der Waals surface area contributed by atoms with Crippen molar-refractivity contribution in [1.82, 2.24) is 4.90 Å². The summed E-state index contributed by atoms with van der Waals surface area (Å²) in [5, 5.41) is 0. The van der Waals surface area contributed by atoms with Gasteiger partial charge >= 0.3 is 0 Å². The zero-order valence-electron chi connectivity index (χ0n) is 13.0. The molecule has 1 aromatic carbocycles. The number of Topliss-reactive ketones (excluding diaryl/α,β-unsaturated/α-hetero) is 1. The number of benzene rings is 1. The summed E-state index contributed by atoms with van der Waals surface area (Å²) >= 11 is 0. The third kappa shape index (κ3) is 3.70. The molecule has 1 unspecified atom stereocenters. The van der Waals surface area contributed by atoms with Crippen LogP contribution in [0.4, 0.5) is 0 Å². The molecule has 0 aliphatic carbocycles. The standard InChI is InChI=1S/C17H25NO2/c1-6-16(19)13(4)17(18(7-2)8-3)14-10-9-11-15(12-14)20-5/h9-12,17H,4,6-8H2,1-3,5H3. The van der Waals surface area contributed by atoms with Crippen LogP contribution in [0.5, 0.6) is 5.75 Å². The Hall–Kier alpha value is -1.61. The molecule has 1 aromatic rings. The number of rotatable bonds is 8. The van der Waals surface area contributed by atoms with Gasteiger partial charge in [0, 0.05) is 12.0 Å². The monoisotopic (exact) mass is 275 g/mol. The van der Waals surface area contributed by atoms with Gasteiger partial charge in [-0.1, -0.05) is 39.5 Å². The van der Waals surface area contributed by atoms with Crippen LogP contribution in [-0.4, -0.2) is 30.9 Å². The van der Waals surface area contributed by atoms with Crippen LogP contribution in [0.25, 0.3) is 0 Å². The molecule has 0 saturated carbocycles. The molecule has 20 heavy (non-hydrogen) atoms. The molecule has 0 fully saturated rings. The topological polar surface area (TPSA) is 29.5 Å². The lowest BCUT2D eigenvalue weighted by Crippen LogP contribution is -2.31. The van der Waals surface area contributed by atoms with Gasteiger partial charge in [0.25, 0.3) is 0 Å². The van der Waals surface area contributed by atoms with E-state index in [9.17, 15) is 4.79 Å². The Morgan fingerprint density at radius 1 is 1.30 bits per heavy atom. The minimum atomic E-state index is -0.0763. The summed E-state index contributed by atoms with van der Waals surface area (Å²) in [5.41, 5.74) is 1.71. The Balaban J connectivity index is 3.21. The molecule has 0 amide bonds. The number of nitrogens with zero attached hydrogens (tertiary/aromatic N) is 1. The van der Waals surface area contributed by atoms with Gasteiger partial charge in [0.05, 0.1) is 13.2 Å². The van der Waals surface area contributed by atoms with Crippen LogP contribution in [0.15, 0.2) is 36.4 Å². The molecule has 110 valence electrons. The van der Waals surface area contributed by atoms with Crippen molar-refractivity contribution in [2.75, 3.05) is 20.2 Å². The highest BCUT2D eigenvalue weighted by molar-refractivity contribution is 5.95. The molecule has 0 aliphatic rings. The minimum absolute atomic E-state index is 0.0763. The molecule has 0 aromatic heterocycles. The second-order valence-corrected chi connectivity index (χ2v) is 4.70. The van der Waals surface area contributed by atoms with Gasteiger partial charge in [0.1, 0.15) is 5.75 Å². The molecule has 1 atom stereocenters. The van der Waals surface area contributed by atoms with Crippen molar-refractivity contribution in [1.29, 1.82) is 0 Å². The van der Waals surface area contributed by atoms with E-state index in [0.717, 1.165) is 24.4 Å². The first-order chi connectivity index (χ1) is 9.58. The smallest absolute Gasteiger partial charge is 0.159 e. The first-order valence-corrected chi connectivity index (χ1v) is 7.18. The highest BCUT2D eigenvalue weighted by atomic mass is 16.5. The molecule has 3 heteroatoms. The molecule has 3 nitrogen and oxygen atoms in total. The van der Waals surface area contributed by atoms with Crippen LogP contribution in [0.3, 0.4) is 0 Å². The van der Waals surface area contributed by atoms with E-state index < -0.39 is 0 Å². The van der Waals surface area contributed by atoms with E-state index in [4.69, 9.17) is 4.74 Å². The van der Waals surface area contributed by atoms with Crippen LogP contribution in [0, 0.1) is 0 Å². The first kappa shape index (κ1) is 16.4. The average Bonchev–Trinajstić information content (AvgIpc) is 2.50. The Labute approximate surface area is 122 Å². The highest BCUT2D eigenvalue weighted by Crippen LogP contribution is 2.30. The van der Waals surface area contributed by atoms with Gasteiger partial charge in [-0.2, -0.15) is 0 Å². The number of methoxy groups -OCH3 is 1. The second-order valence-electron chi connectivity index (χ2n) is 4.70. The van der Waals surface area contributed by atoms with Gasteiger partial charge in [-0.25, -0.2) is 0 Å². The van der Waals surface area contributed by atoms with Gasteiger partial charge in [-0.3, -0.25) is 9.69 Å². The summed E-state index contributed by atoms with van der Waals surface area (Å²) in [5.74, 6) is 0.918. The maximum absolute atomic E-state index is 12.1. The summed E-state index contributed by atoms with van der Waals surface area (Å²) in [6.45, 7) is 11.8. The number of likely N-dealkylation sites (N-methyl/N-ethyl adjacent to an activating group) is 1. The quantitative estimate of drug-likeness (QED) is 0.679. The molecule has 1 rings (SSSR count). The van der Waals surface area contributed by atoms with Crippen molar-refractivity contribution < 1.29 is 9.53 Å². The van der Waals surface area contributed by atoms with Crippen molar-refractivity contribution in [2.24, 2.45) is 0 Å². The fraction of sp³-hybridized carbons (Fsp3) is 0.471. The van der Waals surface area contributed by atoms with Gasteiger partial charge < -0.3 is 4.74 Å². The van der Waals surface area contributed by atoms with E-state index in [0.29, 0.717) is 12.0 Å². The van der Waals surface area contributed by atoms with Crippen molar-refractivity contribution in [3.8, 4) is 5.75 Å². The van der Waals surface area contributed by atoms with Crippen LogP contribution in [0.2, 0.25) is 0 Å². The van der Waals surface area contributed by atoms with E-state index in [1.54, 1.807) is 7.11 Å². The predicted molar refractivity (Wildman–Crippen MR) is 83.1 cm³/mol. The number of ketones is 1. The molecule has 0 spiro atoms. The third-order valence-electron chi connectivity index (χ3n) is 3.60. The third-order valence-corrected chi connectivity index (χ3v) is 3.60. The van der Waals surface area contributed by atoms with Crippen molar-refractivity contribution in [3.63, 3.8) is 0 Å². The van der Waals surface area contributed by atoms with Crippen LogP contribution >= 0.6 is 0 Å². The van der Waals surface area contributed by atoms with Crippen LogP contribution in [-0.2, 0) is 4.79 Å². The van der Waals surface area contributed by atoms with E-state index in [2.05, 4.69) is 25.3 Å². The fourth-order valence-corrected chi connectivity index (χ4v) is 2.41. The van der Waals surface area contributed by atoms with E-state index in [1.165, 1.54) is 0 Å². The highest BCUT2D eigenvalue weighted by Gasteiger charge is 2.24. The van der Waals surface area contributed by atoms with Gasteiger partial charge in [0.15, 0.2) is 5.78 Å². The summed E-state index contributed by atoms with van der Waals surface area (Å²) < 4.78 is 5.29. The lowest BCUT2D eigenvalue weighted by atomic mass is 9.94. The van der Waals surface area contributed by atoms with Gasteiger partial charge in [0.2, 0.25) is 0 Å². The fourth-order valence-electron chi connectivity index (χ4n) is 2.41. The number of carbonyl (C=O) groups is 1. The summed E-state index contributed by atoms with van der Waals surface area (Å²) in [7, 11) is 1.65. The zero-order chi connectivity index (χ0) is 15.1. The SMILES string of the molecule is C=C(C(=O)CC)C(c1cccc(OC)c1)N(CC)CC. The number of hydrogen-bond acceptors (Lipinski definition) is 3. The lowest BCUT2D eigenvalue weighted by Gasteiger charge is -2.31. The Bertz CT molecular complexity index is 464. The number of hydrogen-bond donors (Lipinski definition) is 0. The molecule has 0 radical (unpaired) electrons.